The molecule has 0 atom stereocenters. The first-order valence-corrected chi connectivity index (χ1v) is 11.2. The minimum Gasteiger partial charge on any atom is -0.292 e. The van der Waals surface area contributed by atoms with Crippen molar-refractivity contribution >= 4 is 11.6 Å². The summed E-state index contributed by atoms with van der Waals surface area (Å²) in [4.78, 5) is 2.48. The van der Waals surface area contributed by atoms with Crippen LogP contribution in [-0.2, 0) is 0 Å². The molecule has 2 heteroatoms. The van der Waals surface area contributed by atoms with E-state index in [1.165, 1.54) is 56.1 Å². The van der Waals surface area contributed by atoms with Crippen molar-refractivity contribution in [3.05, 3.63) is 70.2 Å². The fraction of sp³-hybridized carbons (Fsp3) is 0.462. The van der Waals surface area contributed by atoms with Crippen molar-refractivity contribution in [3.63, 3.8) is 0 Å². The third kappa shape index (κ3) is 4.99. The Labute approximate surface area is 175 Å². The Balaban J connectivity index is 1.30. The Kier molecular flexibility index (Phi) is 6.73. The molecular weight excluding hydrogens is 362 g/mol. The van der Waals surface area contributed by atoms with Gasteiger partial charge in [0.25, 0.3) is 0 Å². The smallest absolute Gasteiger partial charge is 0.0605 e. The van der Waals surface area contributed by atoms with Crippen LogP contribution >= 0.6 is 11.6 Å². The predicted octanol–water partition coefficient (Wildman–Crippen LogP) is 6.62. The van der Waals surface area contributed by atoms with Gasteiger partial charge in [-0.05, 0) is 73.9 Å². The monoisotopic (exact) mass is 391 g/mol. The first-order valence-electron chi connectivity index (χ1n) is 10.9. The molecule has 0 N–H and O–H groups in total. The molecule has 1 aliphatic heterocycles. The van der Waals surface area contributed by atoms with Gasteiger partial charge in [-0.2, -0.15) is 0 Å². The van der Waals surface area contributed by atoms with Gasteiger partial charge >= 0.3 is 0 Å². The molecule has 1 nitrogen and oxygen atoms in total. The minimum atomic E-state index is 0.647. The summed E-state index contributed by atoms with van der Waals surface area (Å²) in [6.45, 7) is 3.12. The van der Waals surface area contributed by atoms with Gasteiger partial charge in [0.15, 0.2) is 0 Å². The second-order valence-electron chi connectivity index (χ2n) is 8.33. The van der Waals surface area contributed by atoms with Crippen LogP contribution in [0.3, 0.4) is 0 Å². The number of benzene rings is 2. The van der Waals surface area contributed by atoms with Crippen LogP contribution in [-0.4, -0.2) is 24.5 Å². The maximum atomic E-state index is 6.59. The summed E-state index contributed by atoms with van der Waals surface area (Å²) in [7, 11) is 0. The van der Waals surface area contributed by atoms with E-state index >= 15 is 0 Å². The molecular formula is C26H30ClN. The van der Waals surface area contributed by atoms with Gasteiger partial charge in [0.2, 0.25) is 0 Å². The summed E-state index contributed by atoms with van der Waals surface area (Å²) in [6, 6.07) is 17.4. The Morgan fingerprint density at radius 2 is 1.61 bits per heavy atom. The standard InChI is InChI=1S/C26H30ClN/c27-26-20-21(13-14-25(26)24-11-5-2-6-12-24)8-7-17-28-18-15-23(16-19-28)22-9-3-1-4-10-22/h1,3-4,9-10,13-14,20,23-24H,2,5-6,11-12,15-19H2. The number of piperidine rings is 1. The predicted molar refractivity (Wildman–Crippen MR) is 119 cm³/mol. The van der Waals surface area contributed by atoms with Gasteiger partial charge in [0.05, 0.1) is 6.54 Å². The van der Waals surface area contributed by atoms with E-state index in [2.05, 4.69) is 65.3 Å². The second kappa shape index (κ2) is 9.64. The third-order valence-electron chi connectivity index (χ3n) is 6.44. The topological polar surface area (TPSA) is 3.24 Å². The van der Waals surface area contributed by atoms with E-state index in [1.807, 2.05) is 0 Å². The van der Waals surface area contributed by atoms with E-state index in [9.17, 15) is 0 Å². The van der Waals surface area contributed by atoms with Crippen LogP contribution in [0.5, 0.6) is 0 Å². The van der Waals surface area contributed by atoms with Crippen molar-refractivity contribution < 1.29 is 0 Å². The average Bonchev–Trinajstić information content (AvgIpc) is 2.76. The lowest BCUT2D eigenvalue weighted by atomic mass is 9.84. The summed E-state index contributed by atoms with van der Waals surface area (Å²) in [5, 5.41) is 0.905. The highest BCUT2D eigenvalue weighted by molar-refractivity contribution is 6.31. The third-order valence-corrected chi connectivity index (χ3v) is 6.77. The fourth-order valence-corrected chi connectivity index (χ4v) is 5.09. The summed E-state index contributed by atoms with van der Waals surface area (Å²) >= 11 is 6.59. The molecule has 4 rings (SSSR count). The van der Waals surface area contributed by atoms with Gasteiger partial charge in [-0.25, -0.2) is 0 Å². The summed E-state index contributed by atoms with van der Waals surface area (Å²) in [6.07, 6.45) is 9.07. The van der Waals surface area contributed by atoms with Gasteiger partial charge in [-0.3, -0.25) is 4.90 Å². The molecule has 146 valence electrons. The van der Waals surface area contributed by atoms with Crippen molar-refractivity contribution in [3.8, 4) is 11.8 Å². The van der Waals surface area contributed by atoms with Crippen molar-refractivity contribution in [2.45, 2.75) is 56.8 Å². The average molecular weight is 392 g/mol. The molecule has 28 heavy (non-hydrogen) atoms. The Morgan fingerprint density at radius 3 is 2.32 bits per heavy atom. The molecule has 1 saturated carbocycles. The van der Waals surface area contributed by atoms with Gasteiger partial charge in [-0.15, -0.1) is 0 Å². The molecule has 2 aromatic rings. The van der Waals surface area contributed by atoms with E-state index in [1.54, 1.807) is 0 Å². The number of rotatable bonds is 3. The quantitative estimate of drug-likeness (QED) is 0.531. The molecule has 1 heterocycles. The summed E-state index contributed by atoms with van der Waals surface area (Å²) in [5.41, 5.74) is 3.86. The molecule has 0 bridgehead atoms. The molecule has 2 aliphatic rings. The fourth-order valence-electron chi connectivity index (χ4n) is 4.75. The highest BCUT2D eigenvalue weighted by Crippen LogP contribution is 2.36. The second-order valence-corrected chi connectivity index (χ2v) is 8.74. The SMILES string of the molecule is Clc1cc(C#CCN2CCC(c3ccccc3)CC2)ccc1C1CCCCC1. The first kappa shape index (κ1) is 19.6. The van der Waals surface area contributed by atoms with E-state index in [-0.39, 0.29) is 0 Å². The Morgan fingerprint density at radius 1 is 0.857 bits per heavy atom. The largest absolute Gasteiger partial charge is 0.292 e. The normalized spacial score (nSPS) is 19.2. The number of hydrogen-bond donors (Lipinski definition) is 0. The molecule has 0 amide bonds. The maximum absolute atomic E-state index is 6.59. The lowest BCUT2D eigenvalue weighted by Gasteiger charge is -2.30. The van der Waals surface area contributed by atoms with Crippen molar-refractivity contribution in [1.82, 2.24) is 4.90 Å². The maximum Gasteiger partial charge on any atom is 0.0605 e. The van der Waals surface area contributed by atoms with Crippen LogP contribution in [0, 0.1) is 11.8 Å². The van der Waals surface area contributed by atoms with E-state index in [0.29, 0.717) is 11.8 Å². The number of halogens is 1. The molecule has 0 aromatic heterocycles. The van der Waals surface area contributed by atoms with Crippen molar-refractivity contribution in [1.29, 1.82) is 0 Å². The van der Waals surface area contributed by atoms with Crippen LogP contribution in [0.25, 0.3) is 0 Å². The lowest BCUT2D eigenvalue weighted by Crippen LogP contribution is -2.33. The zero-order chi connectivity index (χ0) is 19.2. The van der Waals surface area contributed by atoms with E-state index in [0.717, 1.165) is 30.2 Å². The summed E-state index contributed by atoms with van der Waals surface area (Å²) in [5.74, 6) is 8.05. The first-order chi connectivity index (χ1) is 13.8. The molecule has 2 fully saturated rings. The van der Waals surface area contributed by atoms with Crippen LogP contribution in [0.4, 0.5) is 0 Å². The molecule has 1 aliphatic carbocycles. The molecule has 2 aromatic carbocycles. The molecule has 0 radical (unpaired) electrons. The van der Waals surface area contributed by atoms with E-state index < -0.39 is 0 Å². The minimum absolute atomic E-state index is 0.647. The van der Waals surface area contributed by atoms with Crippen molar-refractivity contribution in [2.75, 3.05) is 19.6 Å². The van der Waals surface area contributed by atoms with Gasteiger partial charge in [0.1, 0.15) is 0 Å². The summed E-state index contributed by atoms with van der Waals surface area (Å²) < 4.78 is 0. The zero-order valence-electron chi connectivity index (χ0n) is 16.7. The molecule has 1 saturated heterocycles. The zero-order valence-corrected chi connectivity index (χ0v) is 17.4. The van der Waals surface area contributed by atoms with Crippen molar-refractivity contribution in [2.24, 2.45) is 0 Å². The molecule has 0 unspecified atom stereocenters. The van der Waals surface area contributed by atoms with Crippen LogP contribution in [0.2, 0.25) is 5.02 Å². The molecule has 0 spiro atoms. The van der Waals surface area contributed by atoms with Crippen LogP contribution in [0.1, 0.15) is 73.5 Å². The number of likely N-dealkylation sites (tertiary alicyclic amines) is 1. The Hall–Kier alpha value is -1.75. The van der Waals surface area contributed by atoms with Gasteiger partial charge < -0.3 is 0 Å². The lowest BCUT2D eigenvalue weighted by molar-refractivity contribution is 0.236. The van der Waals surface area contributed by atoms with Gasteiger partial charge in [0, 0.05) is 10.6 Å². The van der Waals surface area contributed by atoms with E-state index in [4.69, 9.17) is 11.6 Å². The number of nitrogens with zero attached hydrogens (tertiary/aromatic N) is 1. The van der Waals surface area contributed by atoms with Gasteiger partial charge in [-0.1, -0.05) is 79.1 Å². The highest BCUT2D eigenvalue weighted by Gasteiger charge is 2.20. The Bertz CT molecular complexity index is 819. The highest BCUT2D eigenvalue weighted by atomic mass is 35.5. The number of hydrogen-bond acceptors (Lipinski definition) is 1. The van der Waals surface area contributed by atoms with Crippen LogP contribution < -0.4 is 0 Å². The van der Waals surface area contributed by atoms with Crippen LogP contribution in [0.15, 0.2) is 48.5 Å².